The molecule has 4 aliphatic carbocycles. The van der Waals surface area contributed by atoms with E-state index in [2.05, 4.69) is 12.2 Å². The Bertz CT molecular complexity index is 1180. The van der Waals surface area contributed by atoms with E-state index in [1.807, 2.05) is 32.0 Å². The minimum absolute atomic E-state index is 0.104. The molecule has 33 heavy (non-hydrogen) atoms. The van der Waals surface area contributed by atoms with E-state index in [-0.39, 0.29) is 48.1 Å². The Morgan fingerprint density at radius 1 is 0.970 bits per heavy atom. The van der Waals surface area contributed by atoms with E-state index >= 15 is 0 Å². The van der Waals surface area contributed by atoms with Gasteiger partial charge in [0.15, 0.2) is 0 Å². The molecule has 3 fully saturated rings. The number of imide groups is 1. The number of benzene rings is 2. The van der Waals surface area contributed by atoms with Crippen molar-refractivity contribution in [3.63, 3.8) is 0 Å². The van der Waals surface area contributed by atoms with Gasteiger partial charge in [-0.05, 0) is 73.8 Å². The zero-order valence-corrected chi connectivity index (χ0v) is 19.3. The second-order valence-electron chi connectivity index (χ2n) is 9.88. The summed E-state index contributed by atoms with van der Waals surface area (Å²) in [5.41, 5.74) is 2.89. The third kappa shape index (κ3) is 3.02. The highest BCUT2D eigenvalue weighted by Gasteiger charge is 2.67. The van der Waals surface area contributed by atoms with Gasteiger partial charge in [0.05, 0.1) is 17.5 Å². The number of hydrogen-bond donors (Lipinski definition) is 0. The molecule has 5 aliphatic rings. The summed E-state index contributed by atoms with van der Waals surface area (Å²) in [7, 11) is 0. The van der Waals surface area contributed by atoms with Crippen molar-refractivity contribution in [2.24, 2.45) is 35.5 Å². The van der Waals surface area contributed by atoms with Crippen LogP contribution in [0.4, 0.5) is 5.69 Å². The van der Waals surface area contributed by atoms with Crippen LogP contribution in [0.5, 0.6) is 0 Å². The van der Waals surface area contributed by atoms with Crippen LogP contribution in [0.3, 0.4) is 0 Å². The molecule has 1 aliphatic heterocycles. The summed E-state index contributed by atoms with van der Waals surface area (Å²) in [5.74, 6) is 0.270. The summed E-state index contributed by atoms with van der Waals surface area (Å²) in [6, 6.07) is 12.7. The van der Waals surface area contributed by atoms with Gasteiger partial charge in [-0.15, -0.1) is 0 Å². The van der Waals surface area contributed by atoms with Gasteiger partial charge in [-0.2, -0.15) is 0 Å². The summed E-state index contributed by atoms with van der Waals surface area (Å²) in [5, 5.41) is 0.532. The van der Waals surface area contributed by atoms with Crippen LogP contribution in [0.1, 0.15) is 27.9 Å². The van der Waals surface area contributed by atoms with Crippen LogP contribution < -0.4 is 4.90 Å². The van der Waals surface area contributed by atoms with Crippen molar-refractivity contribution in [1.82, 2.24) is 4.90 Å². The fourth-order valence-corrected chi connectivity index (χ4v) is 6.46. The van der Waals surface area contributed by atoms with Crippen LogP contribution in [0.15, 0.2) is 54.6 Å². The number of aryl methyl sites for hydroxylation is 1. The molecule has 0 N–H and O–H groups in total. The van der Waals surface area contributed by atoms with Gasteiger partial charge in [-0.25, -0.2) is 0 Å². The van der Waals surface area contributed by atoms with E-state index in [4.69, 9.17) is 11.6 Å². The Labute approximate surface area is 198 Å². The lowest BCUT2D eigenvalue weighted by Gasteiger charge is -2.37. The molecule has 2 bridgehead atoms. The van der Waals surface area contributed by atoms with Crippen molar-refractivity contribution in [2.75, 3.05) is 11.6 Å². The van der Waals surface area contributed by atoms with Crippen LogP contribution in [-0.4, -0.2) is 29.3 Å². The molecule has 6 heteroatoms. The molecule has 0 radical (unpaired) electrons. The van der Waals surface area contributed by atoms with Gasteiger partial charge >= 0.3 is 0 Å². The van der Waals surface area contributed by atoms with Crippen molar-refractivity contribution in [1.29, 1.82) is 0 Å². The van der Waals surface area contributed by atoms with Crippen molar-refractivity contribution >= 4 is 35.0 Å². The van der Waals surface area contributed by atoms with Crippen LogP contribution in [0.2, 0.25) is 5.02 Å². The maximum absolute atomic E-state index is 13.7. The lowest BCUT2D eigenvalue weighted by Crippen LogP contribution is -2.45. The van der Waals surface area contributed by atoms with Gasteiger partial charge < -0.3 is 0 Å². The molecule has 2 saturated carbocycles. The number of amides is 3. The Morgan fingerprint density at radius 3 is 2.18 bits per heavy atom. The first-order valence-electron chi connectivity index (χ1n) is 11.5. The van der Waals surface area contributed by atoms with Crippen molar-refractivity contribution < 1.29 is 14.4 Å². The van der Waals surface area contributed by atoms with E-state index in [9.17, 15) is 14.4 Å². The molecule has 168 valence electrons. The minimum Gasteiger partial charge on any atom is -0.289 e. The summed E-state index contributed by atoms with van der Waals surface area (Å²) >= 11 is 6.38. The van der Waals surface area contributed by atoms with Gasteiger partial charge in [0.2, 0.25) is 11.8 Å². The molecule has 1 saturated heterocycles. The van der Waals surface area contributed by atoms with E-state index in [1.54, 1.807) is 24.3 Å². The normalized spacial score (nSPS) is 30.9. The summed E-state index contributed by atoms with van der Waals surface area (Å²) in [6.45, 7) is 3.70. The number of likely N-dealkylation sites (tertiary alicyclic amines) is 1. The Hall–Kier alpha value is -2.92. The standard InChI is InChI=1S/C27H25ClN2O3/c1-14-6-8-16(9-7-14)25(31)29(22-5-3-4-21(28)15(22)2)13-30-26(32)23-17-10-11-18(20-12-19(17)20)24(23)27(30)33/h3-11,17-20,23-24H,12-13H2,1-2H3. The molecule has 2 aromatic rings. The maximum atomic E-state index is 13.7. The minimum atomic E-state index is -0.284. The largest absolute Gasteiger partial charge is 0.289 e. The van der Waals surface area contributed by atoms with Crippen molar-refractivity contribution in [3.05, 3.63) is 76.3 Å². The number of anilines is 1. The second-order valence-corrected chi connectivity index (χ2v) is 10.3. The SMILES string of the molecule is Cc1ccc(C(=O)N(CN2C(=O)C3C4C=CC(C5CC45)C3C2=O)c2cccc(Cl)c2C)cc1. The molecular weight excluding hydrogens is 436 g/mol. The van der Waals surface area contributed by atoms with E-state index in [0.29, 0.717) is 28.1 Å². The van der Waals surface area contributed by atoms with Gasteiger partial charge in [-0.3, -0.25) is 24.2 Å². The zero-order valence-electron chi connectivity index (χ0n) is 18.6. The third-order valence-electron chi connectivity index (χ3n) is 8.11. The number of rotatable bonds is 4. The molecule has 6 unspecified atom stereocenters. The Morgan fingerprint density at radius 2 is 1.58 bits per heavy atom. The van der Waals surface area contributed by atoms with Crippen molar-refractivity contribution in [3.8, 4) is 0 Å². The maximum Gasteiger partial charge on any atom is 0.259 e. The highest BCUT2D eigenvalue weighted by atomic mass is 35.5. The monoisotopic (exact) mass is 460 g/mol. The lowest BCUT2D eigenvalue weighted by molar-refractivity contribution is -0.140. The quantitative estimate of drug-likeness (QED) is 0.494. The van der Waals surface area contributed by atoms with Gasteiger partial charge in [0.25, 0.3) is 5.91 Å². The number of allylic oxidation sites excluding steroid dienone is 2. The van der Waals surface area contributed by atoms with E-state index in [1.165, 1.54) is 9.80 Å². The summed E-state index contributed by atoms with van der Waals surface area (Å²) < 4.78 is 0. The number of hydrogen-bond acceptors (Lipinski definition) is 3. The summed E-state index contributed by atoms with van der Waals surface area (Å²) in [6.07, 6.45) is 5.44. The number of halogens is 1. The van der Waals surface area contributed by atoms with Crippen molar-refractivity contribution in [2.45, 2.75) is 20.3 Å². The Balaban J connectivity index is 1.37. The third-order valence-corrected chi connectivity index (χ3v) is 8.52. The van der Waals surface area contributed by atoms with E-state index in [0.717, 1.165) is 17.5 Å². The van der Waals surface area contributed by atoms with Crippen LogP contribution in [0.25, 0.3) is 0 Å². The zero-order chi connectivity index (χ0) is 23.0. The topological polar surface area (TPSA) is 57.7 Å². The highest BCUT2D eigenvalue weighted by molar-refractivity contribution is 6.31. The fourth-order valence-electron chi connectivity index (χ4n) is 6.29. The molecule has 0 aromatic heterocycles. The average molecular weight is 461 g/mol. The Kier molecular flexibility index (Phi) is 4.57. The highest BCUT2D eigenvalue weighted by Crippen LogP contribution is 2.65. The predicted octanol–water partition coefficient (Wildman–Crippen LogP) is 4.61. The molecule has 1 heterocycles. The average Bonchev–Trinajstić information content (AvgIpc) is 3.60. The van der Waals surface area contributed by atoms with E-state index < -0.39 is 0 Å². The first kappa shape index (κ1) is 20.7. The fraction of sp³-hybridized carbons (Fsp3) is 0.370. The van der Waals surface area contributed by atoms with Crippen LogP contribution in [0, 0.1) is 49.4 Å². The molecule has 2 aromatic carbocycles. The molecular formula is C27H25ClN2O3. The first-order valence-corrected chi connectivity index (χ1v) is 11.9. The number of carbonyl (C=O) groups is 3. The molecule has 3 amide bonds. The smallest absolute Gasteiger partial charge is 0.259 e. The molecule has 6 atom stereocenters. The molecule has 5 nitrogen and oxygen atoms in total. The predicted molar refractivity (Wildman–Crippen MR) is 126 cm³/mol. The van der Waals surface area contributed by atoms with Gasteiger partial charge in [0, 0.05) is 10.6 Å². The van der Waals surface area contributed by atoms with Crippen LogP contribution in [-0.2, 0) is 9.59 Å². The summed E-state index contributed by atoms with van der Waals surface area (Å²) in [4.78, 5) is 43.6. The number of nitrogens with zero attached hydrogens (tertiary/aromatic N) is 2. The molecule has 0 spiro atoms. The second kappa shape index (κ2) is 7.29. The lowest BCUT2D eigenvalue weighted by atomic mass is 9.63. The van der Waals surface area contributed by atoms with Gasteiger partial charge in [-0.1, -0.05) is 47.5 Å². The van der Waals surface area contributed by atoms with Crippen LogP contribution >= 0.6 is 11.6 Å². The first-order chi connectivity index (χ1) is 15.9. The van der Waals surface area contributed by atoms with Gasteiger partial charge in [0.1, 0.15) is 6.67 Å². The molecule has 7 rings (SSSR count). The number of carbonyl (C=O) groups excluding carboxylic acids is 3.